The van der Waals surface area contributed by atoms with Gasteiger partial charge >= 0.3 is 0 Å². The van der Waals surface area contributed by atoms with Crippen LogP contribution in [0.15, 0.2) is 17.0 Å². The second-order valence-corrected chi connectivity index (χ2v) is 7.02. The van der Waals surface area contributed by atoms with Crippen LogP contribution < -0.4 is 10.5 Å². The first-order valence-corrected chi connectivity index (χ1v) is 8.52. The van der Waals surface area contributed by atoms with Crippen molar-refractivity contribution in [3.63, 3.8) is 0 Å². The maximum atomic E-state index is 13.7. The fraction of sp³-hybridized carbons (Fsp3) is 0.571. The number of nitrogens with one attached hydrogen (secondary N) is 1. The Balaban J connectivity index is 2.13. The largest absolute Gasteiger partial charge is 0.377 e. The van der Waals surface area contributed by atoms with Crippen molar-refractivity contribution in [2.75, 3.05) is 13.2 Å². The molecule has 0 saturated carbocycles. The topological polar surface area (TPSA) is 81.4 Å². The third-order valence-electron chi connectivity index (χ3n) is 3.61. The number of ether oxygens (including phenoxy) is 1. The van der Waals surface area contributed by atoms with Gasteiger partial charge in [-0.1, -0.05) is 0 Å². The van der Waals surface area contributed by atoms with Gasteiger partial charge in [-0.2, -0.15) is 0 Å². The van der Waals surface area contributed by atoms with Gasteiger partial charge in [0.1, 0.15) is 5.82 Å². The first kappa shape index (κ1) is 16.4. The summed E-state index contributed by atoms with van der Waals surface area (Å²) in [6.45, 7) is 2.38. The van der Waals surface area contributed by atoms with Crippen molar-refractivity contribution in [3.8, 4) is 0 Å². The van der Waals surface area contributed by atoms with Gasteiger partial charge in [-0.05, 0) is 43.9 Å². The van der Waals surface area contributed by atoms with E-state index in [1.165, 1.54) is 19.1 Å². The van der Waals surface area contributed by atoms with Crippen LogP contribution in [0.25, 0.3) is 0 Å². The van der Waals surface area contributed by atoms with E-state index in [0.717, 1.165) is 19.3 Å². The van der Waals surface area contributed by atoms with Crippen LogP contribution in [-0.2, 0) is 21.3 Å². The Kier molecular flexibility index (Phi) is 5.32. The standard InChI is InChI=1S/C14H21FN2O3S/c1-10-6-13(7-11(8-16)14(10)15)21(18,19)17-9-12-4-2-3-5-20-12/h6-7,12,17H,2-5,8-9,16H2,1H3. The number of nitrogens with two attached hydrogens (primary N) is 1. The van der Waals surface area contributed by atoms with E-state index >= 15 is 0 Å². The number of aryl methyl sites for hydroxylation is 1. The summed E-state index contributed by atoms with van der Waals surface area (Å²) in [7, 11) is -3.68. The molecule has 0 aromatic heterocycles. The Morgan fingerprint density at radius 2 is 2.19 bits per heavy atom. The van der Waals surface area contributed by atoms with Gasteiger partial charge in [0, 0.05) is 25.3 Å². The van der Waals surface area contributed by atoms with E-state index in [1.807, 2.05) is 0 Å². The monoisotopic (exact) mass is 316 g/mol. The smallest absolute Gasteiger partial charge is 0.240 e. The molecule has 5 nitrogen and oxygen atoms in total. The first-order valence-electron chi connectivity index (χ1n) is 7.04. The van der Waals surface area contributed by atoms with Crippen LogP contribution in [0, 0.1) is 12.7 Å². The number of benzene rings is 1. The third kappa shape index (κ3) is 4.00. The number of sulfonamides is 1. The molecule has 3 N–H and O–H groups in total. The number of halogens is 1. The third-order valence-corrected chi connectivity index (χ3v) is 5.01. The molecule has 21 heavy (non-hydrogen) atoms. The maximum absolute atomic E-state index is 13.7. The van der Waals surface area contributed by atoms with Gasteiger partial charge in [-0.25, -0.2) is 17.5 Å². The van der Waals surface area contributed by atoms with Crippen LogP contribution in [0.3, 0.4) is 0 Å². The molecule has 1 fully saturated rings. The predicted molar refractivity (Wildman–Crippen MR) is 77.8 cm³/mol. The van der Waals surface area contributed by atoms with Gasteiger partial charge in [-0.3, -0.25) is 0 Å². The summed E-state index contributed by atoms with van der Waals surface area (Å²) >= 11 is 0. The van der Waals surface area contributed by atoms with E-state index < -0.39 is 15.8 Å². The summed E-state index contributed by atoms with van der Waals surface area (Å²) in [6, 6.07) is 2.60. The lowest BCUT2D eigenvalue weighted by Crippen LogP contribution is -2.35. The normalized spacial score (nSPS) is 19.7. The summed E-state index contributed by atoms with van der Waals surface area (Å²) in [5, 5.41) is 0. The van der Waals surface area contributed by atoms with Crippen molar-refractivity contribution < 1.29 is 17.5 Å². The van der Waals surface area contributed by atoms with Crippen molar-refractivity contribution in [3.05, 3.63) is 29.1 Å². The SMILES string of the molecule is Cc1cc(S(=O)(=O)NCC2CCCCO2)cc(CN)c1F. The van der Waals surface area contributed by atoms with Crippen molar-refractivity contribution in [2.24, 2.45) is 5.73 Å². The Morgan fingerprint density at radius 1 is 1.43 bits per heavy atom. The molecule has 1 aromatic carbocycles. The lowest BCUT2D eigenvalue weighted by atomic mass is 10.1. The molecule has 1 heterocycles. The quantitative estimate of drug-likeness (QED) is 0.861. The minimum absolute atomic E-state index is 0.0395. The minimum Gasteiger partial charge on any atom is -0.377 e. The van der Waals surface area contributed by atoms with Crippen LogP contribution >= 0.6 is 0 Å². The van der Waals surface area contributed by atoms with Gasteiger partial charge in [-0.15, -0.1) is 0 Å². The zero-order valence-electron chi connectivity index (χ0n) is 12.1. The van der Waals surface area contributed by atoms with Gasteiger partial charge in [0.25, 0.3) is 0 Å². The van der Waals surface area contributed by atoms with Crippen LogP contribution in [0.1, 0.15) is 30.4 Å². The van der Waals surface area contributed by atoms with Crippen molar-refractivity contribution >= 4 is 10.0 Å². The van der Waals surface area contributed by atoms with Crippen molar-refractivity contribution in [1.29, 1.82) is 0 Å². The van der Waals surface area contributed by atoms with E-state index in [9.17, 15) is 12.8 Å². The molecular weight excluding hydrogens is 295 g/mol. The Morgan fingerprint density at radius 3 is 2.81 bits per heavy atom. The van der Waals surface area contributed by atoms with Gasteiger partial charge in [0.15, 0.2) is 0 Å². The molecule has 2 rings (SSSR count). The van der Waals surface area contributed by atoms with E-state index in [0.29, 0.717) is 6.61 Å². The molecule has 1 aliphatic rings. The molecular formula is C14H21FN2O3S. The van der Waals surface area contributed by atoms with Crippen molar-refractivity contribution in [1.82, 2.24) is 4.72 Å². The molecule has 0 amide bonds. The molecule has 0 radical (unpaired) electrons. The van der Waals surface area contributed by atoms with Gasteiger partial charge in [0.2, 0.25) is 10.0 Å². The van der Waals surface area contributed by atoms with E-state index in [2.05, 4.69) is 4.72 Å². The maximum Gasteiger partial charge on any atom is 0.240 e. The lowest BCUT2D eigenvalue weighted by molar-refractivity contribution is 0.0200. The average Bonchev–Trinajstić information content (AvgIpc) is 2.49. The Bertz CT molecular complexity index is 598. The van der Waals surface area contributed by atoms with Crippen LogP contribution in [0.2, 0.25) is 0 Å². The highest BCUT2D eigenvalue weighted by Gasteiger charge is 2.21. The van der Waals surface area contributed by atoms with Gasteiger partial charge < -0.3 is 10.5 Å². The highest BCUT2D eigenvalue weighted by molar-refractivity contribution is 7.89. The average molecular weight is 316 g/mol. The molecule has 1 saturated heterocycles. The number of hydrogen-bond acceptors (Lipinski definition) is 4. The van der Waals surface area contributed by atoms with Crippen LogP contribution in [0.4, 0.5) is 4.39 Å². The van der Waals surface area contributed by atoms with Crippen molar-refractivity contribution in [2.45, 2.75) is 43.7 Å². The summed E-state index contributed by atoms with van der Waals surface area (Å²) in [5.74, 6) is -0.452. The number of hydrogen-bond donors (Lipinski definition) is 2. The van der Waals surface area contributed by atoms with E-state index in [-0.39, 0.29) is 35.2 Å². The summed E-state index contributed by atoms with van der Waals surface area (Å²) < 4.78 is 46.3. The predicted octanol–water partition coefficient (Wildman–Crippen LogP) is 1.44. The summed E-state index contributed by atoms with van der Waals surface area (Å²) in [6.07, 6.45) is 2.81. The molecule has 0 aliphatic carbocycles. The Labute approximate surface area is 124 Å². The zero-order chi connectivity index (χ0) is 15.5. The second kappa shape index (κ2) is 6.83. The van der Waals surface area contributed by atoms with E-state index in [1.54, 1.807) is 0 Å². The minimum atomic E-state index is -3.68. The summed E-state index contributed by atoms with van der Waals surface area (Å²) in [5.41, 5.74) is 5.92. The van der Waals surface area contributed by atoms with Crippen LogP contribution in [-0.4, -0.2) is 27.7 Å². The highest BCUT2D eigenvalue weighted by Crippen LogP contribution is 2.19. The molecule has 1 atom stereocenters. The van der Waals surface area contributed by atoms with E-state index in [4.69, 9.17) is 10.5 Å². The lowest BCUT2D eigenvalue weighted by Gasteiger charge is -2.22. The fourth-order valence-corrected chi connectivity index (χ4v) is 3.57. The molecule has 0 spiro atoms. The highest BCUT2D eigenvalue weighted by atomic mass is 32.2. The number of rotatable bonds is 5. The first-order chi connectivity index (χ1) is 9.94. The fourth-order valence-electron chi connectivity index (χ4n) is 2.36. The Hall–Kier alpha value is -1.02. The molecule has 7 heteroatoms. The molecule has 1 aromatic rings. The molecule has 1 unspecified atom stereocenters. The molecule has 0 bridgehead atoms. The zero-order valence-corrected chi connectivity index (χ0v) is 12.9. The second-order valence-electron chi connectivity index (χ2n) is 5.26. The molecule has 1 aliphatic heterocycles. The van der Waals surface area contributed by atoms with Gasteiger partial charge in [0.05, 0.1) is 11.0 Å². The summed E-state index contributed by atoms with van der Waals surface area (Å²) in [4.78, 5) is 0.0395. The molecule has 118 valence electrons. The van der Waals surface area contributed by atoms with Crippen LogP contribution in [0.5, 0.6) is 0 Å².